The first-order chi connectivity index (χ1) is 8.88. The van der Waals surface area contributed by atoms with Gasteiger partial charge in [-0.05, 0) is 52.3 Å². The van der Waals surface area contributed by atoms with Crippen molar-refractivity contribution in [1.29, 1.82) is 0 Å². The lowest BCUT2D eigenvalue weighted by Gasteiger charge is -2.19. The predicted molar refractivity (Wildman–Crippen MR) is 71.4 cm³/mol. The van der Waals surface area contributed by atoms with Crippen LogP contribution in [0, 0.1) is 0 Å². The summed E-state index contributed by atoms with van der Waals surface area (Å²) < 4.78 is 38.2. The van der Waals surface area contributed by atoms with Crippen LogP contribution in [0.4, 0.5) is 24.7 Å². The van der Waals surface area contributed by atoms with Crippen molar-refractivity contribution in [2.75, 3.05) is 11.9 Å². The third kappa shape index (κ3) is 3.26. The number of hydrogen-bond donors (Lipinski definition) is 0. The van der Waals surface area contributed by atoms with Gasteiger partial charge < -0.3 is 4.90 Å². The lowest BCUT2D eigenvalue weighted by atomic mass is 10.2. The molecule has 0 saturated heterocycles. The molecule has 0 fully saturated rings. The van der Waals surface area contributed by atoms with Crippen molar-refractivity contribution >= 4 is 27.4 Å². The first kappa shape index (κ1) is 13.9. The van der Waals surface area contributed by atoms with Crippen LogP contribution in [0.1, 0.15) is 5.56 Å². The molecule has 19 heavy (non-hydrogen) atoms. The minimum absolute atomic E-state index is 0.642. The summed E-state index contributed by atoms with van der Waals surface area (Å²) in [6.07, 6.45) is -2.68. The van der Waals surface area contributed by atoms with Crippen LogP contribution in [0.5, 0.6) is 0 Å². The Labute approximate surface area is 117 Å². The van der Waals surface area contributed by atoms with Crippen molar-refractivity contribution in [3.05, 3.63) is 52.6 Å². The molecule has 6 heteroatoms. The second-order valence-electron chi connectivity index (χ2n) is 3.94. The second kappa shape index (κ2) is 5.21. The van der Waals surface area contributed by atoms with Crippen LogP contribution in [0.25, 0.3) is 0 Å². The van der Waals surface area contributed by atoms with Gasteiger partial charge in [-0.1, -0.05) is 0 Å². The van der Waals surface area contributed by atoms with Gasteiger partial charge in [-0.3, -0.25) is 0 Å². The molecule has 0 radical (unpaired) electrons. The van der Waals surface area contributed by atoms with Crippen molar-refractivity contribution in [1.82, 2.24) is 4.98 Å². The molecular weight excluding hydrogens is 321 g/mol. The smallest absolute Gasteiger partial charge is 0.329 e. The quantitative estimate of drug-likeness (QED) is 0.798. The summed E-state index contributed by atoms with van der Waals surface area (Å²) in [7, 11) is 1.75. The summed E-state index contributed by atoms with van der Waals surface area (Å²) in [5.74, 6) is 0.656. The van der Waals surface area contributed by atoms with Gasteiger partial charge in [0.15, 0.2) is 0 Å². The molecular formula is C13H10BrF3N2. The Morgan fingerprint density at radius 3 is 2.16 bits per heavy atom. The molecule has 0 aliphatic carbocycles. The van der Waals surface area contributed by atoms with Crippen LogP contribution in [0.2, 0.25) is 0 Å². The summed E-state index contributed by atoms with van der Waals surface area (Å²) >= 11 is 3.28. The SMILES string of the molecule is CN(c1ccc(C(F)(F)F)cc1)c1ccc(Br)cn1. The highest BCUT2D eigenvalue weighted by Gasteiger charge is 2.30. The van der Waals surface area contributed by atoms with Crippen LogP contribution < -0.4 is 4.90 Å². The van der Waals surface area contributed by atoms with E-state index in [1.54, 1.807) is 24.2 Å². The molecule has 0 spiro atoms. The second-order valence-corrected chi connectivity index (χ2v) is 4.85. The van der Waals surface area contributed by atoms with E-state index in [0.29, 0.717) is 11.5 Å². The van der Waals surface area contributed by atoms with E-state index >= 15 is 0 Å². The van der Waals surface area contributed by atoms with Crippen LogP contribution in [0.15, 0.2) is 47.1 Å². The van der Waals surface area contributed by atoms with Crippen LogP contribution in [0.3, 0.4) is 0 Å². The summed E-state index contributed by atoms with van der Waals surface area (Å²) in [4.78, 5) is 5.90. The standard InChI is InChI=1S/C13H10BrF3N2/c1-19(12-7-4-10(14)8-18-12)11-5-2-9(3-6-11)13(15,16)17/h2-8H,1H3. The molecule has 100 valence electrons. The minimum atomic E-state index is -4.31. The molecule has 0 amide bonds. The third-order valence-corrected chi connectivity index (χ3v) is 3.11. The molecule has 1 aromatic carbocycles. The van der Waals surface area contributed by atoms with Gasteiger partial charge in [-0.15, -0.1) is 0 Å². The number of benzene rings is 1. The molecule has 0 atom stereocenters. The molecule has 0 aliphatic rings. The van der Waals surface area contributed by atoms with E-state index in [0.717, 1.165) is 16.6 Å². The highest BCUT2D eigenvalue weighted by Crippen LogP contribution is 2.31. The number of pyridine rings is 1. The number of alkyl halides is 3. The van der Waals surface area contributed by atoms with Gasteiger partial charge in [0.2, 0.25) is 0 Å². The maximum atomic E-state index is 12.5. The summed E-state index contributed by atoms with van der Waals surface area (Å²) in [6, 6.07) is 8.57. The van der Waals surface area contributed by atoms with E-state index in [1.165, 1.54) is 12.1 Å². The maximum Gasteiger partial charge on any atom is 0.416 e. The zero-order chi connectivity index (χ0) is 14.0. The molecule has 0 saturated carbocycles. The maximum absolute atomic E-state index is 12.5. The monoisotopic (exact) mass is 330 g/mol. The van der Waals surface area contributed by atoms with Gasteiger partial charge in [0.05, 0.1) is 5.56 Å². The number of anilines is 2. The average Bonchev–Trinajstić information content (AvgIpc) is 2.38. The largest absolute Gasteiger partial charge is 0.416 e. The number of hydrogen-bond acceptors (Lipinski definition) is 2. The summed E-state index contributed by atoms with van der Waals surface area (Å²) in [5.41, 5.74) is -0.0174. The van der Waals surface area contributed by atoms with Crippen LogP contribution in [-0.2, 0) is 6.18 Å². The Morgan fingerprint density at radius 1 is 1.05 bits per heavy atom. The lowest BCUT2D eigenvalue weighted by Crippen LogP contribution is -2.11. The number of rotatable bonds is 2. The number of halogens is 4. The Bertz CT molecular complexity index is 550. The summed E-state index contributed by atoms with van der Waals surface area (Å²) in [6.45, 7) is 0. The van der Waals surface area contributed by atoms with Gasteiger partial charge in [0.25, 0.3) is 0 Å². The van der Waals surface area contributed by atoms with Gasteiger partial charge in [-0.2, -0.15) is 13.2 Å². The Kier molecular flexibility index (Phi) is 3.80. The van der Waals surface area contributed by atoms with E-state index in [4.69, 9.17) is 0 Å². The first-order valence-corrected chi connectivity index (χ1v) is 6.20. The molecule has 2 rings (SSSR count). The lowest BCUT2D eigenvalue weighted by molar-refractivity contribution is -0.137. The highest BCUT2D eigenvalue weighted by atomic mass is 79.9. The predicted octanol–water partition coefficient (Wildman–Crippen LogP) is 4.63. The fourth-order valence-electron chi connectivity index (χ4n) is 1.57. The number of aromatic nitrogens is 1. The van der Waals surface area contributed by atoms with Crippen molar-refractivity contribution in [2.45, 2.75) is 6.18 Å². The van der Waals surface area contributed by atoms with Crippen molar-refractivity contribution in [3.8, 4) is 0 Å². The zero-order valence-corrected chi connectivity index (χ0v) is 11.5. The Morgan fingerprint density at radius 2 is 1.68 bits per heavy atom. The van der Waals surface area contributed by atoms with Gasteiger partial charge in [0.1, 0.15) is 5.82 Å². The summed E-state index contributed by atoms with van der Waals surface area (Å²) in [5, 5.41) is 0. The molecule has 1 aromatic heterocycles. The Balaban J connectivity index is 2.25. The molecule has 1 heterocycles. The van der Waals surface area contributed by atoms with E-state index in [1.807, 2.05) is 6.07 Å². The average molecular weight is 331 g/mol. The molecule has 0 aliphatic heterocycles. The molecule has 2 aromatic rings. The Hall–Kier alpha value is -1.56. The van der Waals surface area contributed by atoms with Gasteiger partial charge in [0, 0.05) is 23.4 Å². The fourth-order valence-corrected chi connectivity index (χ4v) is 1.81. The van der Waals surface area contributed by atoms with E-state index in [9.17, 15) is 13.2 Å². The number of nitrogens with zero attached hydrogens (tertiary/aromatic N) is 2. The van der Waals surface area contributed by atoms with Gasteiger partial charge >= 0.3 is 6.18 Å². The first-order valence-electron chi connectivity index (χ1n) is 5.40. The molecule has 0 unspecified atom stereocenters. The van der Waals surface area contributed by atoms with Crippen LogP contribution >= 0.6 is 15.9 Å². The fraction of sp³-hybridized carbons (Fsp3) is 0.154. The normalized spacial score (nSPS) is 11.4. The minimum Gasteiger partial charge on any atom is -0.329 e. The van der Waals surface area contributed by atoms with E-state index in [-0.39, 0.29) is 0 Å². The zero-order valence-electron chi connectivity index (χ0n) is 9.95. The van der Waals surface area contributed by atoms with Crippen molar-refractivity contribution in [3.63, 3.8) is 0 Å². The third-order valence-electron chi connectivity index (χ3n) is 2.64. The molecule has 2 nitrogen and oxygen atoms in total. The van der Waals surface area contributed by atoms with Crippen LogP contribution in [-0.4, -0.2) is 12.0 Å². The van der Waals surface area contributed by atoms with E-state index < -0.39 is 11.7 Å². The van der Waals surface area contributed by atoms with Crippen molar-refractivity contribution in [2.24, 2.45) is 0 Å². The molecule has 0 bridgehead atoms. The van der Waals surface area contributed by atoms with Crippen molar-refractivity contribution < 1.29 is 13.2 Å². The van der Waals surface area contributed by atoms with E-state index in [2.05, 4.69) is 20.9 Å². The molecule has 0 N–H and O–H groups in total. The van der Waals surface area contributed by atoms with Gasteiger partial charge in [-0.25, -0.2) is 4.98 Å². The highest BCUT2D eigenvalue weighted by molar-refractivity contribution is 9.10. The topological polar surface area (TPSA) is 16.1 Å².